The first-order valence-corrected chi connectivity index (χ1v) is 7.92. The van der Waals surface area contributed by atoms with E-state index in [1.54, 1.807) is 16.6 Å². The fourth-order valence-corrected chi connectivity index (χ4v) is 3.74. The van der Waals surface area contributed by atoms with E-state index in [0.717, 1.165) is 31.4 Å². The standard InChI is InChI=1S/C12H21N3O2S/c1-2-3-6-15(11-4-5-11)18(16,17)12-7-10(8-13)14-9-12/h7,9,11,14H,2-6,8,13H2,1H3. The quantitative estimate of drug-likeness (QED) is 0.787. The first kappa shape index (κ1) is 13.6. The van der Waals surface area contributed by atoms with E-state index < -0.39 is 10.0 Å². The summed E-state index contributed by atoms with van der Waals surface area (Å²) in [6, 6.07) is 1.84. The Kier molecular flexibility index (Phi) is 4.09. The minimum Gasteiger partial charge on any atom is -0.363 e. The first-order chi connectivity index (χ1) is 8.59. The molecule has 6 heteroatoms. The molecule has 1 aliphatic rings. The normalized spacial score (nSPS) is 16.4. The van der Waals surface area contributed by atoms with Gasteiger partial charge in [0.15, 0.2) is 0 Å². The molecule has 102 valence electrons. The van der Waals surface area contributed by atoms with Crippen molar-refractivity contribution in [3.63, 3.8) is 0 Å². The van der Waals surface area contributed by atoms with Gasteiger partial charge >= 0.3 is 0 Å². The van der Waals surface area contributed by atoms with Gasteiger partial charge in [-0.25, -0.2) is 8.42 Å². The molecule has 0 amide bonds. The predicted molar refractivity (Wildman–Crippen MR) is 70.5 cm³/mol. The summed E-state index contributed by atoms with van der Waals surface area (Å²) in [6.45, 7) is 3.01. The summed E-state index contributed by atoms with van der Waals surface area (Å²) in [5.41, 5.74) is 6.25. The molecule has 0 bridgehead atoms. The van der Waals surface area contributed by atoms with Gasteiger partial charge in [-0.05, 0) is 25.3 Å². The minimum absolute atomic E-state index is 0.206. The molecular formula is C12H21N3O2S. The Morgan fingerprint density at radius 2 is 2.22 bits per heavy atom. The van der Waals surface area contributed by atoms with Crippen LogP contribution >= 0.6 is 0 Å². The Morgan fingerprint density at radius 3 is 2.72 bits per heavy atom. The van der Waals surface area contributed by atoms with Crippen molar-refractivity contribution in [1.29, 1.82) is 0 Å². The van der Waals surface area contributed by atoms with Crippen molar-refractivity contribution in [3.8, 4) is 0 Å². The van der Waals surface area contributed by atoms with Crippen LogP contribution in [0.4, 0.5) is 0 Å². The number of hydrogen-bond acceptors (Lipinski definition) is 3. The van der Waals surface area contributed by atoms with Gasteiger partial charge in [0.05, 0.1) is 4.90 Å². The number of nitrogens with two attached hydrogens (primary N) is 1. The summed E-state index contributed by atoms with van der Waals surface area (Å²) in [5.74, 6) is 0. The van der Waals surface area contributed by atoms with Crippen LogP contribution in [0.15, 0.2) is 17.2 Å². The van der Waals surface area contributed by atoms with Crippen LogP contribution in [-0.4, -0.2) is 30.3 Å². The number of aromatic amines is 1. The van der Waals surface area contributed by atoms with Crippen LogP contribution in [0.2, 0.25) is 0 Å². The Hall–Kier alpha value is -0.850. The highest BCUT2D eigenvalue weighted by Crippen LogP contribution is 2.32. The topological polar surface area (TPSA) is 79.2 Å². The third-order valence-electron chi connectivity index (χ3n) is 3.23. The van der Waals surface area contributed by atoms with Gasteiger partial charge in [0, 0.05) is 31.0 Å². The van der Waals surface area contributed by atoms with Crippen LogP contribution in [0.25, 0.3) is 0 Å². The SMILES string of the molecule is CCCCN(C1CC1)S(=O)(=O)c1c[nH]c(CN)c1. The summed E-state index contributed by atoms with van der Waals surface area (Å²) < 4.78 is 26.7. The second kappa shape index (κ2) is 5.42. The van der Waals surface area contributed by atoms with Crippen LogP contribution in [0.3, 0.4) is 0 Å². The molecule has 1 heterocycles. The lowest BCUT2D eigenvalue weighted by atomic mass is 10.3. The van der Waals surface area contributed by atoms with E-state index in [1.165, 1.54) is 0 Å². The summed E-state index contributed by atoms with van der Waals surface area (Å²) >= 11 is 0. The van der Waals surface area contributed by atoms with E-state index in [0.29, 0.717) is 18.0 Å². The molecule has 0 radical (unpaired) electrons. The van der Waals surface area contributed by atoms with Gasteiger partial charge in [-0.1, -0.05) is 13.3 Å². The molecule has 0 aromatic carbocycles. The average Bonchev–Trinajstić information content (AvgIpc) is 3.05. The van der Waals surface area contributed by atoms with E-state index in [1.807, 2.05) is 0 Å². The monoisotopic (exact) mass is 271 g/mol. The third-order valence-corrected chi connectivity index (χ3v) is 5.16. The van der Waals surface area contributed by atoms with Crippen molar-refractivity contribution in [2.75, 3.05) is 6.54 Å². The van der Waals surface area contributed by atoms with Crippen LogP contribution in [0, 0.1) is 0 Å². The zero-order valence-electron chi connectivity index (χ0n) is 10.7. The van der Waals surface area contributed by atoms with Gasteiger partial charge in [0.25, 0.3) is 0 Å². The van der Waals surface area contributed by atoms with Gasteiger partial charge < -0.3 is 10.7 Å². The van der Waals surface area contributed by atoms with Crippen LogP contribution in [0.5, 0.6) is 0 Å². The van der Waals surface area contributed by atoms with Gasteiger partial charge in [0.2, 0.25) is 10.0 Å². The maximum atomic E-state index is 12.5. The minimum atomic E-state index is -3.35. The number of hydrogen-bond donors (Lipinski definition) is 2. The Bertz CT molecular complexity index is 491. The van der Waals surface area contributed by atoms with E-state index in [-0.39, 0.29) is 6.04 Å². The van der Waals surface area contributed by atoms with Crippen molar-refractivity contribution in [1.82, 2.24) is 9.29 Å². The van der Waals surface area contributed by atoms with E-state index in [9.17, 15) is 8.42 Å². The highest BCUT2D eigenvalue weighted by atomic mass is 32.2. The molecule has 0 saturated heterocycles. The third kappa shape index (κ3) is 2.76. The average molecular weight is 271 g/mol. The molecule has 1 aliphatic carbocycles. The molecule has 0 aliphatic heterocycles. The summed E-state index contributed by atoms with van der Waals surface area (Å²) in [4.78, 5) is 3.24. The van der Waals surface area contributed by atoms with E-state index in [4.69, 9.17) is 5.73 Å². The molecular weight excluding hydrogens is 250 g/mol. The zero-order chi connectivity index (χ0) is 13.2. The molecule has 1 aromatic rings. The fourth-order valence-electron chi connectivity index (χ4n) is 2.00. The van der Waals surface area contributed by atoms with Crippen molar-refractivity contribution in [2.24, 2.45) is 5.73 Å². The lowest BCUT2D eigenvalue weighted by Crippen LogP contribution is -2.33. The second-order valence-corrected chi connectivity index (χ2v) is 6.66. The largest absolute Gasteiger partial charge is 0.363 e. The van der Waals surface area contributed by atoms with Crippen LogP contribution in [0.1, 0.15) is 38.3 Å². The molecule has 1 saturated carbocycles. The number of unbranched alkanes of at least 4 members (excludes halogenated alkanes) is 1. The number of aromatic nitrogens is 1. The molecule has 5 nitrogen and oxygen atoms in total. The summed E-state index contributed by atoms with van der Waals surface area (Å²) in [7, 11) is -3.35. The van der Waals surface area contributed by atoms with Gasteiger partial charge in [-0.2, -0.15) is 4.31 Å². The molecule has 0 atom stereocenters. The maximum Gasteiger partial charge on any atom is 0.244 e. The van der Waals surface area contributed by atoms with Crippen LogP contribution in [-0.2, 0) is 16.6 Å². The molecule has 3 N–H and O–H groups in total. The maximum absolute atomic E-state index is 12.5. The first-order valence-electron chi connectivity index (χ1n) is 6.48. The van der Waals surface area contributed by atoms with Gasteiger partial charge in [0.1, 0.15) is 0 Å². The molecule has 0 spiro atoms. The van der Waals surface area contributed by atoms with E-state index >= 15 is 0 Å². The van der Waals surface area contributed by atoms with Crippen molar-refractivity contribution in [2.45, 2.75) is 50.1 Å². The molecule has 2 rings (SSSR count). The van der Waals surface area contributed by atoms with Gasteiger partial charge in [-0.3, -0.25) is 0 Å². The Balaban J connectivity index is 2.21. The zero-order valence-corrected chi connectivity index (χ0v) is 11.5. The number of nitrogens with zero attached hydrogens (tertiary/aromatic N) is 1. The number of rotatable bonds is 7. The van der Waals surface area contributed by atoms with Crippen molar-refractivity contribution in [3.05, 3.63) is 18.0 Å². The predicted octanol–water partition coefficient (Wildman–Crippen LogP) is 1.43. The Labute approximate surface area is 108 Å². The number of nitrogens with one attached hydrogen (secondary N) is 1. The lowest BCUT2D eigenvalue weighted by Gasteiger charge is -2.20. The van der Waals surface area contributed by atoms with Gasteiger partial charge in [-0.15, -0.1) is 0 Å². The van der Waals surface area contributed by atoms with E-state index in [2.05, 4.69) is 11.9 Å². The van der Waals surface area contributed by atoms with Crippen molar-refractivity contribution >= 4 is 10.0 Å². The summed E-state index contributed by atoms with van der Waals surface area (Å²) in [5, 5.41) is 0. The summed E-state index contributed by atoms with van der Waals surface area (Å²) in [6.07, 6.45) is 5.41. The van der Waals surface area contributed by atoms with Crippen molar-refractivity contribution < 1.29 is 8.42 Å². The fraction of sp³-hybridized carbons (Fsp3) is 0.667. The molecule has 1 aromatic heterocycles. The highest BCUT2D eigenvalue weighted by Gasteiger charge is 2.37. The molecule has 0 unspecified atom stereocenters. The lowest BCUT2D eigenvalue weighted by molar-refractivity contribution is 0.396. The second-order valence-electron chi connectivity index (χ2n) is 4.77. The highest BCUT2D eigenvalue weighted by molar-refractivity contribution is 7.89. The molecule has 18 heavy (non-hydrogen) atoms. The Morgan fingerprint density at radius 1 is 1.50 bits per heavy atom. The molecule has 1 fully saturated rings. The number of sulfonamides is 1. The smallest absolute Gasteiger partial charge is 0.244 e. The number of H-pyrrole nitrogens is 1. The van der Waals surface area contributed by atoms with Crippen LogP contribution < -0.4 is 5.73 Å².